The second-order valence-electron chi connectivity index (χ2n) is 4.16. The molecule has 0 aromatic heterocycles. The summed E-state index contributed by atoms with van der Waals surface area (Å²) in [5.74, 6) is -1.96. The quantitative estimate of drug-likeness (QED) is 0.802. The van der Waals surface area contributed by atoms with E-state index in [0.717, 1.165) is 43.3 Å². The summed E-state index contributed by atoms with van der Waals surface area (Å²) in [6, 6.07) is 2.79. The lowest BCUT2D eigenvalue weighted by atomic mass is 10.1. The smallest absolute Gasteiger partial charge is 0.251 e. The van der Waals surface area contributed by atoms with Crippen molar-refractivity contribution < 1.29 is 13.6 Å². The predicted octanol–water partition coefficient (Wildman–Crippen LogP) is 1.61. The van der Waals surface area contributed by atoms with Crippen LogP contribution in [0.1, 0.15) is 16.8 Å². The molecular formula is C13H14F2N2O. The lowest BCUT2D eigenvalue weighted by molar-refractivity contribution is 0.0955. The number of halogens is 2. The van der Waals surface area contributed by atoms with Crippen LogP contribution in [0, 0.1) is 11.6 Å². The molecule has 2 N–H and O–H groups in total. The monoisotopic (exact) mass is 252 g/mol. The van der Waals surface area contributed by atoms with Crippen LogP contribution < -0.4 is 10.6 Å². The first-order valence-corrected chi connectivity index (χ1v) is 5.78. The van der Waals surface area contributed by atoms with Gasteiger partial charge >= 0.3 is 0 Å². The van der Waals surface area contributed by atoms with Gasteiger partial charge in [0.15, 0.2) is 0 Å². The molecule has 5 heteroatoms. The van der Waals surface area contributed by atoms with Crippen LogP contribution in [0.25, 0.3) is 0 Å². The number of benzene rings is 1. The summed E-state index contributed by atoms with van der Waals surface area (Å²) >= 11 is 0. The maximum Gasteiger partial charge on any atom is 0.251 e. The first kappa shape index (κ1) is 12.7. The first-order chi connectivity index (χ1) is 8.65. The molecule has 18 heavy (non-hydrogen) atoms. The zero-order chi connectivity index (χ0) is 13.0. The Kier molecular flexibility index (Phi) is 4.04. The van der Waals surface area contributed by atoms with Crippen LogP contribution in [0.2, 0.25) is 0 Å². The minimum absolute atomic E-state index is 0.00188. The zero-order valence-electron chi connectivity index (χ0n) is 9.80. The normalized spacial score (nSPS) is 15.1. The maximum absolute atomic E-state index is 12.9. The van der Waals surface area contributed by atoms with E-state index in [-0.39, 0.29) is 5.56 Å². The second kappa shape index (κ2) is 5.73. The Labute approximate surface area is 104 Å². The molecule has 0 fully saturated rings. The molecule has 2 rings (SSSR count). The van der Waals surface area contributed by atoms with E-state index in [1.54, 1.807) is 0 Å². The van der Waals surface area contributed by atoms with Crippen molar-refractivity contribution in [3.63, 3.8) is 0 Å². The molecule has 0 spiro atoms. The Morgan fingerprint density at radius 2 is 2.00 bits per heavy atom. The van der Waals surface area contributed by atoms with Crippen molar-refractivity contribution in [2.75, 3.05) is 19.6 Å². The standard InChI is InChI=1S/C13H14F2N2O/c14-11-5-10(6-12(15)7-11)13(18)17-8-9-1-3-16-4-2-9/h1,5-7,16H,2-4,8H2,(H,17,18). The summed E-state index contributed by atoms with van der Waals surface area (Å²) in [7, 11) is 0. The van der Waals surface area contributed by atoms with Gasteiger partial charge in [0.25, 0.3) is 5.91 Å². The highest BCUT2D eigenvalue weighted by atomic mass is 19.1. The largest absolute Gasteiger partial charge is 0.348 e. The minimum Gasteiger partial charge on any atom is -0.348 e. The molecule has 0 saturated carbocycles. The zero-order valence-corrected chi connectivity index (χ0v) is 9.80. The third-order valence-electron chi connectivity index (χ3n) is 2.76. The molecule has 1 aliphatic heterocycles. The maximum atomic E-state index is 12.9. The van der Waals surface area contributed by atoms with Crippen LogP contribution in [0.15, 0.2) is 29.8 Å². The van der Waals surface area contributed by atoms with E-state index in [1.807, 2.05) is 6.08 Å². The average Bonchev–Trinajstić information content (AvgIpc) is 2.36. The highest BCUT2D eigenvalue weighted by Gasteiger charge is 2.10. The Balaban J connectivity index is 1.97. The van der Waals surface area contributed by atoms with Gasteiger partial charge < -0.3 is 10.6 Å². The van der Waals surface area contributed by atoms with Crippen LogP contribution >= 0.6 is 0 Å². The molecule has 0 bridgehead atoms. The van der Waals surface area contributed by atoms with Crippen LogP contribution in [0.5, 0.6) is 0 Å². The van der Waals surface area contributed by atoms with Gasteiger partial charge in [-0.2, -0.15) is 0 Å². The van der Waals surface area contributed by atoms with E-state index in [2.05, 4.69) is 10.6 Å². The molecule has 1 aliphatic rings. The molecule has 1 aromatic rings. The van der Waals surface area contributed by atoms with Gasteiger partial charge in [-0.15, -0.1) is 0 Å². The molecule has 0 aliphatic carbocycles. The third-order valence-corrected chi connectivity index (χ3v) is 2.76. The summed E-state index contributed by atoms with van der Waals surface area (Å²) in [5, 5.41) is 5.82. The number of carbonyl (C=O) groups is 1. The van der Waals surface area contributed by atoms with Crippen LogP contribution in [-0.4, -0.2) is 25.5 Å². The molecule has 0 radical (unpaired) electrons. The van der Waals surface area contributed by atoms with Gasteiger partial charge in [0.2, 0.25) is 0 Å². The molecule has 1 amide bonds. The lowest BCUT2D eigenvalue weighted by Gasteiger charge is -2.14. The average molecular weight is 252 g/mol. The minimum atomic E-state index is -0.749. The van der Waals surface area contributed by atoms with Crippen molar-refractivity contribution in [1.82, 2.24) is 10.6 Å². The number of amides is 1. The first-order valence-electron chi connectivity index (χ1n) is 5.78. The van der Waals surface area contributed by atoms with E-state index in [1.165, 1.54) is 0 Å². The molecule has 0 atom stereocenters. The Hall–Kier alpha value is -1.75. The van der Waals surface area contributed by atoms with Crippen molar-refractivity contribution in [1.29, 1.82) is 0 Å². The lowest BCUT2D eigenvalue weighted by Crippen LogP contribution is -2.29. The number of nitrogens with one attached hydrogen (secondary N) is 2. The molecule has 3 nitrogen and oxygen atoms in total. The highest BCUT2D eigenvalue weighted by molar-refractivity contribution is 5.94. The van der Waals surface area contributed by atoms with E-state index < -0.39 is 17.5 Å². The van der Waals surface area contributed by atoms with Gasteiger partial charge in [-0.3, -0.25) is 4.79 Å². The third kappa shape index (κ3) is 3.37. The van der Waals surface area contributed by atoms with Crippen molar-refractivity contribution in [3.05, 3.63) is 47.0 Å². The second-order valence-corrected chi connectivity index (χ2v) is 4.16. The van der Waals surface area contributed by atoms with Crippen molar-refractivity contribution in [2.24, 2.45) is 0 Å². The number of carbonyl (C=O) groups excluding carboxylic acids is 1. The molecule has 0 saturated heterocycles. The van der Waals surface area contributed by atoms with E-state index in [0.29, 0.717) is 6.54 Å². The Bertz CT molecular complexity index is 466. The van der Waals surface area contributed by atoms with Crippen LogP contribution in [0.3, 0.4) is 0 Å². The van der Waals surface area contributed by atoms with Crippen molar-refractivity contribution in [2.45, 2.75) is 6.42 Å². The van der Waals surface area contributed by atoms with Crippen LogP contribution in [0.4, 0.5) is 8.78 Å². The molecule has 1 heterocycles. The summed E-state index contributed by atoms with van der Waals surface area (Å²) in [6.07, 6.45) is 2.88. The van der Waals surface area contributed by atoms with Crippen molar-refractivity contribution in [3.8, 4) is 0 Å². The van der Waals surface area contributed by atoms with Gasteiger partial charge in [0, 0.05) is 24.7 Å². The van der Waals surface area contributed by atoms with Gasteiger partial charge in [0.05, 0.1) is 0 Å². The van der Waals surface area contributed by atoms with Gasteiger partial charge in [-0.05, 0) is 25.1 Å². The predicted molar refractivity (Wildman–Crippen MR) is 64.3 cm³/mol. The fraction of sp³-hybridized carbons (Fsp3) is 0.308. The van der Waals surface area contributed by atoms with Crippen LogP contribution in [-0.2, 0) is 0 Å². The van der Waals surface area contributed by atoms with Crippen molar-refractivity contribution >= 4 is 5.91 Å². The Morgan fingerprint density at radius 1 is 1.28 bits per heavy atom. The molecular weight excluding hydrogens is 238 g/mol. The summed E-state index contributed by atoms with van der Waals surface area (Å²) in [6.45, 7) is 2.09. The Morgan fingerprint density at radius 3 is 2.61 bits per heavy atom. The van der Waals surface area contributed by atoms with E-state index in [4.69, 9.17) is 0 Å². The topological polar surface area (TPSA) is 41.1 Å². The molecule has 0 unspecified atom stereocenters. The number of rotatable bonds is 3. The molecule has 1 aromatic carbocycles. The van der Waals surface area contributed by atoms with Gasteiger partial charge in [0.1, 0.15) is 11.6 Å². The summed E-state index contributed by atoms with van der Waals surface area (Å²) < 4.78 is 25.9. The van der Waals surface area contributed by atoms with Gasteiger partial charge in [-0.1, -0.05) is 11.6 Å². The summed E-state index contributed by atoms with van der Waals surface area (Å²) in [4.78, 5) is 11.7. The van der Waals surface area contributed by atoms with Gasteiger partial charge in [-0.25, -0.2) is 8.78 Å². The fourth-order valence-corrected chi connectivity index (χ4v) is 1.81. The number of hydrogen-bond donors (Lipinski definition) is 2. The summed E-state index contributed by atoms with van der Waals surface area (Å²) in [5.41, 5.74) is 1.13. The van der Waals surface area contributed by atoms with E-state index >= 15 is 0 Å². The number of hydrogen-bond acceptors (Lipinski definition) is 2. The highest BCUT2D eigenvalue weighted by Crippen LogP contribution is 2.08. The fourth-order valence-electron chi connectivity index (χ4n) is 1.81. The molecule has 96 valence electrons. The van der Waals surface area contributed by atoms with E-state index in [9.17, 15) is 13.6 Å². The SMILES string of the molecule is O=C(NCC1=CCNCC1)c1cc(F)cc(F)c1.